The van der Waals surface area contributed by atoms with Crippen LogP contribution in [-0.4, -0.2) is 46.0 Å². The molecule has 4 heteroatoms. The largest absolute Gasteiger partial charge is 0.391 e. The number of nitrogens with zero attached hydrogens (tertiary/aromatic N) is 3. The summed E-state index contributed by atoms with van der Waals surface area (Å²) < 4.78 is 1.93. The molecule has 0 unspecified atom stereocenters. The summed E-state index contributed by atoms with van der Waals surface area (Å²) in [7, 11) is 2.17. The Labute approximate surface area is 95.9 Å². The molecule has 0 aromatic carbocycles. The summed E-state index contributed by atoms with van der Waals surface area (Å²) in [5.41, 5.74) is 0. The van der Waals surface area contributed by atoms with Gasteiger partial charge in [0.05, 0.1) is 12.1 Å². The van der Waals surface area contributed by atoms with Gasteiger partial charge in [0.2, 0.25) is 0 Å². The molecule has 0 bridgehead atoms. The van der Waals surface area contributed by atoms with Crippen molar-refractivity contribution in [3.8, 4) is 0 Å². The lowest BCUT2D eigenvalue weighted by Gasteiger charge is -2.35. The fourth-order valence-corrected chi connectivity index (χ4v) is 3.40. The quantitative estimate of drug-likeness (QED) is 0.761. The molecule has 1 aromatic heterocycles. The zero-order valence-corrected chi connectivity index (χ0v) is 9.66. The minimum Gasteiger partial charge on any atom is -0.391 e. The number of rotatable bonds is 1. The Morgan fingerprint density at radius 2 is 2.00 bits per heavy atom. The fourth-order valence-electron chi connectivity index (χ4n) is 3.40. The molecule has 2 aliphatic rings. The molecule has 4 nitrogen and oxygen atoms in total. The molecule has 16 heavy (non-hydrogen) atoms. The average Bonchev–Trinajstić information content (AvgIpc) is 2.83. The summed E-state index contributed by atoms with van der Waals surface area (Å²) in [4.78, 5) is 2.38. The number of fused-ring (bicyclic) bond motifs is 1. The Morgan fingerprint density at radius 3 is 2.69 bits per heavy atom. The zero-order chi connectivity index (χ0) is 11.1. The molecule has 1 N–H and O–H groups in total. The third-order valence-electron chi connectivity index (χ3n) is 4.16. The molecule has 1 saturated carbocycles. The van der Waals surface area contributed by atoms with E-state index < -0.39 is 0 Å². The van der Waals surface area contributed by atoms with Crippen LogP contribution >= 0.6 is 0 Å². The van der Waals surface area contributed by atoms with E-state index in [1.165, 1.54) is 6.54 Å². The van der Waals surface area contributed by atoms with E-state index in [4.69, 9.17) is 0 Å². The van der Waals surface area contributed by atoms with E-state index in [1.54, 1.807) is 6.20 Å². The molecule has 1 saturated heterocycles. The average molecular weight is 221 g/mol. The molecule has 1 aromatic rings. The van der Waals surface area contributed by atoms with Crippen LogP contribution in [-0.2, 0) is 0 Å². The molecular formula is C12H19N3O. The lowest BCUT2D eigenvalue weighted by molar-refractivity contribution is 0.0306. The second-order valence-electron chi connectivity index (χ2n) is 5.33. The zero-order valence-electron chi connectivity index (χ0n) is 9.66. The van der Waals surface area contributed by atoms with Gasteiger partial charge in [0.25, 0.3) is 0 Å². The number of aliphatic hydroxyl groups excluding tert-OH is 1. The van der Waals surface area contributed by atoms with Crippen molar-refractivity contribution in [2.75, 3.05) is 20.1 Å². The van der Waals surface area contributed by atoms with Gasteiger partial charge in [0, 0.05) is 25.5 Å². The molecule has 1 aliphatic carbocycles. The molecular weight excluding hydrogens is 202 g/mol. The molecule has 2 fully saturated rings. The van der Waals surface area contributed by atoms with Crippen LogP contribution in [0.25, 0.3) is 0 Å². The summed E-state index contributed by atoms with van der Waals surface area (Å²) in [6.45, 7) is 2.32. The Morgan fingerprint density at radius 1 is 1.25 bits per heavy atom. The molecule has 0 amide bonds. The number of likely N-dealkylation sites (tertiary alicyclic amines) is 1. The van der Waals surface area contributed by atoms with E-state index >= 15 is 0 Å². The highest BCUT2D eigenvalue weighted by Crippen LogP contribution is 2.40. The first kappa shape index (κ1) is 10.3. The van der Waals surface area contributed by atoms with Crippen LogP contribution < -0.4 is 0 Å². The van der Waals surface area contributed by atoms with Gasteiger partial charge in [-0.2, -0.15) is 5.10 Å². The van der Waals surface area contributed by atoms with Gasteiger partial charge >= 0.3 is 0 Å². The third kappa shape index (κ3) is 1.66. The number of aromatic nitrogens is 2. The first-order valence-corrected chi connectivity index (χ1v) is 6.10. The highest BCUT2D eigenvalue weighted by atomic mass is 16.3. The van der Waals surface area contributed by atoms with Gasteiger partial charge in [-0.25, -0.2) is 0 Å². The standard InChI is InChI=1S/C12H19N3O/c1-14-7-9-5-11(15-4-2-3-13-15)12(16)6-10(9)8-14/h2-4,9-12,16H,5-8H2,1H3/t9-,10+,11-,12-/m0/s1. The van der Waals surface area contributed by atoms with Gasteiger partial charge in [-0.3, -0.25) is 4.68 Å². The topological polar surface area (TPSA) is 41.3 Å². The van der Waals surface area contributed by atoms with E-state index in [0.717, 1.165) is 25.3 Å². The van der Waals surface area contributed by atoms with Crippen LogP contribution in [0.2, 0.25) is 0 Å². The number of hydrogen-bond donors (Lipinski definition) is 1. The van der Waals surface area contributed by atoms with E-state index in [-0.39, 0.29) is 12.1 Å². The molecule has 2 heterocycles. The van der Waals surface area contributed by atoms with Crippen LogP contribution in [0, 0.1) is 11.8 Å². The molecule has 0 spiro atoms. The predicted octanol–water partition coefficient (Wildman–Crippen LogP) is 0.757. The molecule has 4 atom stereocenters. The summed E-state index contributed by atoms with van der Waals surface area (Å²) >= 11 is 0. The van der Waals surface area contributed by atoms with Crippen LogP contribution in [0.4, 0.5) is 0 Å². The monoisotopic (exact) mass is 221 g/mol. The molecule has 3 rings (SSSR count). The SMILES string of the molecule is CN1C[C@H]2C[C@H](O)[C@@H](n3cccn3)C[C@H]2C1. The first-order valence-electron chi connectivity index (χ1n) is 6.10. The summed E-state index contributed by atoms with van der Waals surface area (Å²) in [5, 5.41) is 14.5. The minimum absolute atomic E-state index is 0.183. The maximum Gasteiger partial charge on any atom is 0.0781 e. The van der Waals surface area contributed by atoms with Gasteiger partial charge < -0.3 is 10.0 Å². The maximum atomic E-state index is 10.2. The van der Waals surface area contributed by atoms with Crippen molar-refractivity contribution in [2.45, 2.75) is 25.0 Å². The lowest BCUT2D eigenvalue weighted by atomic mass is 9.77. The first-order chi connectivity index (χ1) is 7.74. The number of aliphatic hydroxyl groups is 1. The van der Waals surface area contributed by atoms with Gasteiger partial charge in [0.1, 0.15) is 0 Å². The lowest BCUT2D eigenvalue weighted by Crippen LogP contribution is -2.36. The van der Waals surface area contributed by atoms with Crippen molar-refractivity contribution in [1.82, 2.24) is 14.7 Å². The van der Waals surface area contributed by atoms with Crippen LogP contribution in [0.5, 0.6) is 0 Å². The summed E-state index contributed by atoms with van der Waals surface area (Å²) in [6.07, 6.45) is 5.52. The van der Waals surface area contributed by atoms with Crippen LogP contribution in [0.3, 0.4) is 0 Å². The van der Waals surface area contributed by atoms with E-state index in [1.807, 2.05) is 16.9 Å². The highest BCUT2D eigenvalue weighted by molar-refractivity contribution is 4.95. The Balaban J connectivity index is 1.78. The van der Waals surface area contributed by atoms with E-state index in [2.05, 4.69) is 17.0 Å². The van der Waals surface area contributed by atoms with Crippen molar-refractivity contribution >= 4 is 0 Å². The third-order valence-corrected chi connectivity index (χ3v) is 4.16. The molecule has 1 aliphatic heterocycles. The number of hydrogen-bond acceptors (Lipinski definition) is 3. The minimum atomic E-state index is -0.229. The normalized spacial score (nSPS) is 39.9. The highest BCUT2D eigenvalue weighted by Gasteiger charge is 2.41. The Bertz CT molecular complexity index is 351. The fraction of sp³-hybridized carbons (Fsp3) is 0.750. The summed E-state index contributed by atoms with van der Waals surface area (Å²) in [5.74, 6) is 1.43. The Kier molecular flexibility index (Phi) is 2.48. The van der Waals surface area contributed by atoms with Crippen molar-refractivity contribution in [3.63, 3.8) is 0 Å². The smallest absolute Gasteiger partial charge is 0.0781 e. The predicted molar refractivity (Wildman–Crippen MR) is 61.0 cm³/mol. The van der Waals surface area contributed by atoms with E-state index in [0.29, 0.717) is 5.92 Å². The van der Waals surface area contributed by atoms with Crippen LogP contribution in [0.1, 0.15) is 18.9 Å². The second kappa shape index (κ2) is 3.86. The van der Waals surface area contributed by atoms with Gasteiger partial charge in [-0.15, -0.1) is 0 Å². The Hall–Kier alpha value is -0.870. The van der Waals surface area contributed by atoms with Crippen LogP contribution in [0.15, 0.2) is 18.5 Å². The second-order valence-corrected chi connectivity index (χ2v) is 5.33. The van der Waals surface area contributed by atoms with Crippen molar-refractivity contribution in [2.24, 2.45) is 11.8 Å². The molecule has 88 valence electrons. The van der Waals surface area contributed by atoms with Crippen molar-refractivity contribution < 1.29 is 5.11 Å². The molecule has 0 radical (unpaired) electrons. The van der Waals surface area contributed by atoms with Gasteiger partial charge in [-0.1, -0.05) is 0 Å². The summed E-state index contributed by atoms with van der Waals surface area (Å²) in [6, 6.07) is 2.11. The van der Waals surface area contributed by atoms with E-state index in [9.17, 15) is 5.11 Å². The van der Waals surface area contributed by atoms with Gasteiger partial charge in [0.15, 0.2) is 0 Å². The van der Waals surface area contributed by atoms with Crippen molar-refractivity contribution in [3.05, 3.63) is 18.5 Å². The van der Waals surface area contributed by atoms with Gasteiger partial charge in [-0.05, 0) is 37.8 Å². The maximum absolute atomic E-state index is 10.2. The van der Waals surface area contributed by atoms with Crippen molar-refractivity contribution in [1.29, 1.82) is 0 Å².